The molecule has 0 aromatic heterocycles. The fraction of sp³-hybridized carbons (Fsp3) is 1.00. The quantitative estimate of drug-likeness (QED) is 0.423. The highest BCUT2D eigenvalue weighted by Gasteiger charge is 1.94. The molecule has 0 aliphatic carbocycles. The van der Waals surface area contributed by atoms with Gasteiger partial charge in [-0.2, -0.15) is 0 Å². The molecule has 3 N–H and O–H groups in total. The van der Waals surface area contributed by atoms with Gasteiger partial charge in [0.1, 0.15) is 0 Å². The largest absolute Gasteiger partial charge is 0.271 e. The van der Waals surface area contributed by atoms with Gasteiger partial charge in [0.25, 0.3) is 0 Å². The van der Waals surface area contributed by atoms with E-state index in [0.717, 1.165) is 12.5 Å². The molecule has 0 spiro atoms. The molecule has 2 heteroatoms. The lowest BCUT2D eigenvalue weighted by atomic mass is 10.1. The summed E-state index contributed by atoms with van der Waals surface area (Å²) in [5.41, 5.74) is 2.63. The molecule has 0 aromatic rings. The number of nitrogens with two attached hydrogens (primary N) is 1. The molecule has 2 nitrogen and oxygen atoms in total. The van der Waals surface area contributed by atoms with Crippen molar-refractivity contribution in [3.63, 3.8) is 0 Å². The first kappa shape index (κ1) is 7.92. The van der Waals surface area contributed by atoms with E-state index in [1.54, 1.807) is 0 Å². The summed E-state index contributed by atoms with van der Waals surface area (Å²) in [5, 5.41) is 0. The number of nitrogens with one attached hydrogen (secondary N) is 1. The van der Waals surface area contributed by atoms with Gasteiger partial charge in [-0.05, 0) is 12.3 Å². The summed E-state index contributed by atoms with van der Waals surface area (Å²) in [5.74, 6) is 5.89. The second-order valence-corrected chi connectivity index (χ2v) is 2.26. The van der Waals surface area contributed by atoms with Gasteiger partial charge in [0.2, 0.25) is 0 Å². The van der Waals surface area contributed by atoms with E-state index in [9.17, 15) is 0 Å². The highest BCUT2D eigenvalue weighted by molar-refractivity contribution is 4.49. The van der Waals surface area contributed by atoms with Crippen LogP contribution in [0.5, 0.6) is 0 Å². The average molecular weight is 116 g/mol. The molecule has 1 unspecified atom stereocenters. The van der Waals surface area contributed by atoms with Crippen molar-refractivity contribution in [2.75, 3.05) is 6.54 Å². The second kappa shape index (κ2) is 5.06. The van der Waals surface area contributed by atoms with Gasteiger partial charge >= 0.3 is 0 Å². The molecule has 0 aromatic carbocycles. The minimum Gasteiger partial charge on any atom is -0.271 e. The predicted molar refractivity (Wildman–Crippen MR) is 36.3 cm³/mol. The summed E-state index contributed by atoms with van der Waals surface area (Å²) >= 11 is 0. The zero-order valence-corrected chi connectivity index (χ0v) is 5.78. The molecule has 0 rings (SSSR count). The van der Waals surface area contributed by atoms with Gasteiger partial charge in [-0.1, -0.05) is 20.3 Å². The Hall–Kier alpha value is -0.0800. The van der Waals surface area contributed by atoms with Gasteiger partial charge in [-0.25, -0.2) is 0 Å². The number of hydrogen-bond donors (Lipinski definition) is 2. The Bertz CT molecular complexity index is 45.8. The first-order valence-corrected chi connectivity index (χ1v) is 3.24. The molecule has 0 heterocycles. The molecule has 0 aliphatic rings. The van der Waals surface area contributed by atoms with E-state index >= 15 is 0 Å². The second-order valence-electron chi connectivity index (χ2n) is 2.26. The van der Waals surface area contributed by atoms with Gasteiger partial charge in [0.15, 0.2) is 0 Å². The molecule has 0 saturated heterocycles. The maximum Gasteiger partial charge on any atom is 0.00999 e. The van der Waals surface area contributed by atoms with Crippen LogP contribution in [-0.4, -0.2) is 6.54 Å². The van der Waals surface area contributed by atoms with Crippen molar-refractivity contribution in [2.24, 2.45) is 11.8 Å². The van der Waals surface area contributed by atoms with Crippen LogP contribution in [0.3, 0.4) is 0 Å². The van der Waals surface area contributed by atoms with Crippen molar-refractivity contribution >= 4 is 0 Å². The molecule has 0 aliphatic heterocycles. The van der Waals surface area contributed by atoms with E-state index in [1.807, 2.05) is 0 Å². The van der Waals surface area contributed by atoms with Crippen LogP contribution in [0.25, 0.3) is 0 Å². The van der Waals surface area contributed by atoms with Crippen LogP contribution in [0.4, 0.5) is 0 Å². The monoisotopic (exact) mass is 116 g/mol. The molecule has 0 bridgehead atoms. The first-order chi connectivity index (χ1) is 3.81. The molecule has 50 valence electrons. The van der Waals surface area contributed by atoms with E-state index in [1.165, 1.54) is 12.8 Å². The molecular formula is C6H16N2. The van der Waals surface area contributed by atoms with Gasteiger partial charge in [-0.3, -0.25) is 11.3 Å². The fourth-order valence-corrected chi connectivity index (χ4v) is 0.534. The highest BCUT2D eigenvalue weighted by Crippen LogP contribution is 2.03. The van der Waals surface area contributed by atoms with Crippen LogP contribution < -0.4 is 11.3 Å². The minimum atomic E-state index is 0.811. The van der Waals surface area contributed by atoms with Crippen molar-refractivity contribution in [3.8, 4) is 0 Å². The zero-order chi connectivity index (χ0) is 6.41. The van der Waals surface area contributed by atoms with Crippen LogP contribution in [0.2, 0.25) is 0 Å². The number of rotatable bonds is 4. The van der Waals surface area contributed by atoms with E-state index in [0.29, 0.717) is 0 Å². The molecule has 0 saturated carbocycles. The van der Waals surface area contributed by atoms with Gasteiger partial charge in [-0.15, -0.1) is 0 Å². The Morgan fingerprint density at radius 3 is 2.62 bits per heavy atom. The third kappa shape index (κ3) is 4.09. The van der Waals surface area contributed by atoms with Crippen molar-refractivity contribution in [3.05, 3.63) is 0 Å². The Kier molecular flexibility index (Phi) is 5.01. The minimum absolute atomic E-state index is 0.811. The molecular weight excluding hydrogens is 100 g/mol. The van der Waals surface area contributed by atoms with E-state index < -0.39 is 0 Å². The molecule has 0 fully saturated rings. The summed E-state index contributed by atoms with van der Waals surface area (Å²) in [6.07, 6.45) is 2.44. The topological polar surface area (TPSA) is 38.0 Å². The fourth-order valence-electron chi connectivity index (χ4n) is 0.534. The summed E-state index contributed by atoms with van der Waals surface area (Å²) in [6.45, 7) is 5.37. The number of hydrogen-bond acceptors (Lipinski definition) is 2. The molecule has 8 heavy (non-hydrogen) atoms. The lowest BCUT2D eigenvalue weighted by molar-refractivity contribution is 0.493. The van der Waals surface area contributed by atoms with Gasteiger partial charge < -0.3 is 0 Å². The van der Waals surface area contributed by atoms with Crippen molar-refractivity contribution in [1.82, 2.24) is 5.43 Å². The summed E-state index contributed by atoms with van der Waals surface area (Å²) in [6, 6.07) is 0. The normalized spacial score (nSPS) is 13.9. The van der Waals surface area contributed by atoms with E-state index in [4.69, 9.17) is 5.84 Å². The smallest absolute Gasteiger partial charge is 0.00999 e. The molecule has 1 atom stereocenters. The first-order valence-electron chi connectivity index (χ1n) is 3.24. The summed E-state index contributed by atoms with van der Waals surface area (Å²) in [4.78, 5) is 0. The van der Waals surface area contributed by atoms with Crippen molar-refractivity contribution in [2.45, 2.75) is 26.7 Å². The van der Waals surface area contributed by atoms with Crippen molar-refractivity contribution < 1.29 is 0 Å². The van der Waals surface area contributed by atoms with Crippen molar-refractivity contribution in [1.29, 1.82) is 0 Å². The van der Waals surface area contributed by atoms with E-state index in [2.05, 4.69) is 19.3 Å². The third-order valence-corrected chi connectivity index (χ3v) is 1.48. The zero-order valence-electron chi connectivity index (χ0n) is 5.78. The lowest BCUT2D eigenvalue weighted by Gasteiger charge is -2.05. The Labute approximate surface area is 51.4 Å². The van der Waals surface area contributed by atoms with Crippen LogP contribution >= 0.6 is 0 Å². The van der Waals surface area contributed by atoms with Gasteiger partial charge in [0.05, 0.1) is 0 Å². The standard InChI is InChI=1S/C6H16N2/c1-3-6(2)4-5-8-7/h6,8H,3-5,7H2,1-2H3. The summed E-state index contributed by atoms with van der Waals surface area (Å²) < 4.78 is 0. The number of hydrazine groups is 1. The van der Waals surface area contributed by atoms with Gasteiger partial charge in [0, 0.05) is 6.54 Å². The average Bonchev–Trinajstić information content (AvgIpc) is 1.83. The summed E-state index contributed by atoms with van der Waals surface area (Å²) in [7, 11) is 0. The SMILES string of the molecule is CCC(C)CCNN. The van der Waals surface area contributed by atoms with Crippen LogP contribution in [0, 0.1) is 5.92 Å². The highest BCUT2D eigenvalue weighted by atomic mass is 15.2. The third-order valence-electron chi connectivity index (χ3n) is 1.48. The maximum absolute atomic E-state index is 5.08. The van der Waals surface area contributed by atoms with Crippen LogP contribution in [0.15, 0.2) is 0 Å². The predicted octanol–water partition coefficient (Wildman–Crippen LogP) is 0.886. The Morgan fingerprint density at radius 2 is 2.25 bits per heavy atom. The maximum atomic E-state index is 5.08. The van der Waals surface area contributed by atoms with E-state index in [-0.39, 0.29) is 0 Å². The Morgan fingerprint density at radius 1 is 1.62 bits per heavy atom. The Balaban J connectivity index is 2.86. The molecule has 0 amide bonds. The van der Waals surface area contributed by atoms with Crippen LogP contribution in [-0.2, 0) is 0 Å². The molecule has 0 radical (unpaired) electrons. The van der Waals surface area contributed by atoms with Crippen LogP contribution in [0.1, 0.15) is 26.7 Å². The lowest BCUT2D eigenvalue weighted by Crippen LogP contribution is -2.24.